The molecule has 2 aliphatic rings. The predicted molar refractivity (Wildman–Crippen MR) is 99.5 cm³/mol. The predicted octanol–water partition coefficient (Wildman–Crippen LogP) is 3.31. The molecule has 1 aliphatic carbocycles. The molecule has 2 fully saturated rings. The topological polar surface area (TPSA) is 45.7 Å². The maximum atomic E-state index is 5.65. The molecule has 0 bridgehead atoms. The van der Waals surface area contributed by atoms with Gasteiger partial charge < -0.3 is 15.4 Å². The number of hydrogen-bond donors (Lipinski definition) is 2. The van der Waals surface area contributed by atoms with Gasteiger partial charge in [-0.25, -0.2) is 0 Å². The van der Waals surface area contributed by atoms with Crippen LogP contribution in [0.5, 0.6) is 0 Å². The van der Waals surface area contributed by atoms with E-state index in [0.29, 0.717) is 12.1 Å². The third-order valence-corrected chi connectivity index (χ3v) is 4.45. The number of halogens is 1. The lowest BCUT2D eigenvalue weighted by Gasteiger charge is -2.28. The van der Waals surface area contributed by atoms with Crippen molar-refractivity contribution in [1.29, 1.82) is 0 Å². The molecule has 2 N–H and O–H groups in total. The van der Waals surface area contributed by atoms with E-state index in [0.717, 1.165) is 38.0 Å². The molecule has 0 aromatic carbocycles. The molecule has 0 amide bonds. The van der Waals surface area contributed by atoms with Crippen LogP contribution in [-0.4, -0.2) is 37.8 Å². The number of nitrogens with one attached hydrogen (secondary N) is 2. The summed E-state index contributed by atoms with van der Waals surface area (Å²) in [6, 6.07) is 0.603. The molecular formula is C16H32IN3O. The van der Waals surface area contributed by atoms with Crippen molar-refractivity contribution in [2.45, 2.75) is 70.9 Å². The Hall–Kier alpha value is -0.0400. The molecule has 0 aromatic rings. The monoisotopic (exact) mass is 409 g/mol. The summed E-state index contributed by atoms with van der Waals surface area (Å²) in [7, 11) is 0. The second-order valence-electron chi connectivity index (χ2n) is 6.29. The number of rotatable bonds is 5. The van der Waals surface area contributed by atoms with Crippen molar-refractivity contribution in [2.75, 3.05) is 19.7 Å². The molecule has 1 unspecified atom stereocenters. The Bertz CT molecular complexity index is 298. The van der Waals surface area contributed by atoms with Gasteiger partial charge in [0.25, 0.3) is 0 Å². The fourth-order valence-corrected chi connectivity index (χ4v) is 3.11. The van der Waals surface area contributed by atoms with Gasteiger partial charge >= 0.3 is 0 Å². The molecule has 1 saturated carbocycles. The molecule has 0 aromatic heterocycles. The third kappa shape index (κ3) is 7.17. The normalized spacial score (nSPS) is 29.8. The molecule has 124 valence electrons. The average molecular weight is 409 g/mol. The second-order valence-corrected chi connectivity index (χ2v) is 6.29. The molecule has 5 heteroatoms. The lowest BCUT2D eigenvalue weighted by atomic mass is 9.87. The third-order valence-electron chi connectivity index (χ3n) is 4.45. The van der Waals surface area contributed by atoms with Crippen LogP contribution in [-0.2, 0) is 4.74 Å². The first kappa shape index (κ1) is 19.0. The van der Waals surface area contributed by atoms with Crippen LogP contribution >= 0.6 is 24.0 Å². The molecule has 1 heterocycles. The van der Waals surface area contributed by atoms with Crippen molar-refractivity contribution in [1.82, 2.24) is 10.6 Å². The minimum atomic E-state index is 0. The highest BCUT2D eigenvalue weighted by molar-refractivity contribution is 14.0. The maximum Gasteiger partial charge on any atom is 0.191 e. The Kier molecular flexibility index (Phi) is 9.64. The van der Waals surface area contributed by atoms with Gasteiger partial charge in [-0.2, -0.15) is 0 Å². The summed E-state index contributed by atoms with van der Waals surface area (Å²) in [6.07, 6.45) is 9.15. The van der Waals surface area contributed by atoms with E-state index in [4.69, 9.17) is 9.73 Å². The Morgan fingerprint density at radius 2 is 1.95 bits per heavy atom. The van der Waals surface area contributed by atoms with Crippen molar-refractivity contribution in [3.63, 3.8) is 0 Å². The average Bonchev–Trinajstić information content (AvgIpc) is 2.95. The zero-order valence-corrected chi connectivity index (χ0v) is 15.9. The van der Waals surface area contributed by atoms with E-state index < -0.39 is 0 Å². The maximum absolute atomic E-state index is 5.65. The first-order valence-electron chi connectivity index (χ1n) is 8.44. The molecule has 2 rings (SSSR count). The highest BCUT2D eigenvalue weighted by atomic mass is 127. The summed E-state index contributed by atoms with van der Waals surface area (Å²) in [4.78, 5) is 4.70. The number of nitrogens with zero attached hydrogens (tertiary/aromatic N) is 1. The summed E-state index contributed by atoms with van der Waals surface area (Å²) in [5.74, 6) is 1.89. The molecular weight excluding hydrogens is 377 g/mol. The number of ether oxygens (including phenoxy) is 1. The van der Waals surface area contributed by atoms with Crippen LogP contribution in [0, 0.1) is 5.92 Å². The molecule has 4 nitrogen and oxygen atoms in total. The van der Waals surface area contributed by atoms with Gasteiger partial charge in [0.2, 0.25) is 0 Å². The SMILES string of the molecule is CCNC(=NCCC1CCCO1)NC1CCC(C)CC1.I. The minimum Gasteiger partial charge on any atom is -0.378 e. The second kappa shape index (κ2) is 10.6. The molecule has 0 spiro atoms. The smallest absolute Gasteiger partial charge is 0.191 e. The van der Waals surface area contributed by atoms with Gasteiger partial charge in [0.05, 0.1) is 6.10 Å². The molecule has 0 radical (unpaired) electrons. The Labute approximate surface area is 146 Å². The summed E-state index contributed by atoms with van der Waals surface area (Å²) < 4.78 is 5.65. The van der Waals surface area contributed by atoms with Gasteiger partial charge in [-0.3, -0.25) is 4.99 Å². The summed E-state index contributed by atoms with van der Waals surface area (Å²) >= 11 is 0. The summed E-state index contributed by atoms with van der Waals surface area (Å²) in [6.45, 7) is 7.21. The fourth-order valence-electron chi connectivity index (χ4n) is 3.11. The Balaban J connectivity index is 0.00000220. The highest BCUT2D eigenvalue weighted by Gasteiger charge is 2.19. The first-order chi connectivity index (χ1) is 9.78. The zero-order chi connectivity index (χ0) is 14.2. The van der Waals surface area contributed by atoms with Crippen LogP contribution in [0.25, 0.3) is 0 Å². The largest absolute Gasteiger partial charge is 0.378 e. The van der Waals surface area contributed by atoms with E-state index in [1.807, 2.05) is 0 Å². The van der Waals surface area contributed by atoms with Crippen LogP contribution in [0.2, 0.25) is 0 Å². The highest BCUT2D eigenvalue weighted by Crippen LogP contribution is 2.23. The van der Waals surface area contributed by atoms with E-state index in [1.54, 1.807) is 0 Å². The van der Waals surface area contributed by atoms with Crippen LogP contribution in [0.4, 0.5) is 0 Å². The Morgan fingerprint density at radius 3 is 2.57 bits per heavy atom. The van der Waals surface area contributed by atoms with E-state index >= 15 is 0 Å². The minimum absolute atomic E-state index is 0. The van der Waals surface area contributed by atoms with Crippen molar-refractivity contribution in [3.05, 3.63) is 0 Å². The lowest BCUT2D eigenvalue weighted by molar-refractivity contribution is 0.106. The van der Waals surface area contributed by atoms with Crippen molar-refractivity contribution < 1.29 is 4.74 Å². The van der Waals surface area contributed by atoms with Gasteiger partial charge in [-0.1, -0.05) is 6.92 Å². The van der Waals surface area contributed by atoms with Crippen LogP contribution in [0.3, 0.4) is 0 Å². The van der Waals surface area contributed by atoms with E-state index in [1.165, 1.54) is 38.5 Å². The van der Waals surface area contributed by atoms with E-state index in [2.05, 4.69) is 24.5 Å². The van der Waals surface area contributed by atoms with E-state index in [9.17, 15) is 0 Å². The van der Waals surface area contributed by atoms with Gasteiger partial charge in [0.15, 0.2) is 5.96 Å². The first-order valence-corrected chi connectivity index (χ1v) is 8.44. The van der Waals surface area contributed by atoms with E-state index in [-0.39, 0.29) is 24.0 Å². The standard InChI is InChI=1S/C16H31N3O.HI/c1-3-17-16(18-11-10-15-5-4-12-20-15)19-14-8-6-13(2)7-9-14;/h13-15H,3-12H2,1-2H3,(H2,17,18,19);1H. The van der Waals surface area contributed by atoms with Crippen LogP contribution in [0.1, 0.15) is 58.8 Å². The zero-order valence-electron chi connectivity index (χ0n) is 13.6. The van der Waals surface area contributed by atoms with Gasteiger partial charge in [-0.05, 0) is 57.8 Å². The van der Waals surface area contributed by atoms with Crippen molar-refractivity contribution in [2.24, 2.45) is 10.9 Å². The van der Waals surface area contributed by atoms with Crippen molar-refractivity contribution in [3.8, 4) is 0 Å². The quantitative estimate of drug-likeness (QED) is 0.416. The van der Waals surface area contributed by atoms with Gasteiger partial charge in [-0.15, -0.1) is 24.0 Å². The number of aliphatic imine (C=N–C) groups is 1. The molecule has 1 aliphatic heterocycles. The number of hydrogen-bond acceptors (Lipinski definition) is 2. The van der Waals surface area contributed by atoms with Gasteiger partial charge in [0.1, 0.15) is 0 Å². The summed E-state index contributed by atoms with van der Waals surface area (Å²) in [5.41, 5.74) is 0. The molecule has 21 heavy (non-hydrogen) atoms. The van der Waals surface area contributed by atoms with Gasteiger partial charge in [0, 0.05) is 25.7 Å². The van der Waals surface area contributed by atoms with Crippen LogP contribution in [0.15, 0.2) is 4.99 Å². The Morgan fingerprint density at radius 1 is 1.19 bits per heavy atom. The summed E-state index contributed by atoms with van der Waals surface area (Å²) in [5, 5.41) is 6.97. The lowest BCUT2D eigenvalue weighted by Crippen LogP contribution is -2.44. The molecule has 1 saturated heterocycles. The fraction of sp³-hybridized carbons (Fsp3) is 0.938. The number of guanidine groups is 1. The van der Waals surface area contributed by atoms with Crippen molar-refractivity contribution >= 4 is 29.9 Å². The molecule has 1 atom stereocenters. The van der Waals surface area contributed by atoms with Crippen LogP contribution < -0.4 is 10.6 Å².